The van der Waals surface area contributed by atoms with Gasteiger partial charge in [0, 0.05) is 18.7 Å². The first-order valence-corrected chi connectivity index (χ1v) is 7.93. The SMILES string of the molecule is Cc1csc(C(=O)Nc2ccccc2-c2ccc(=O)n(C)n2)c1. The van der Waals surface area contributed by atoms with Crippen molar-refractivity contribution in [3.8, 4) is 11.3 Å². The predicted octanol–water partition coefficient (Wildman–Crippen LogP) is 3.07. The second-order valence-corrected chi connectivity index (χ2v) is 6.08. The Labute approximate surface area is 137 Å². The summed E-state index contributed by atoms with van der Waals surface area (Å²) >= 11 is 1.41. The standard InChI is InChI=1S/C17H15N3O2S/c1-11-9-15(23-10-11)17(22)18-13-6-4-3-5-12(13)14-7-8-16(21)20(2)19-14/h3-10H,1-2H3,(H,18,22). The van der Waals surface area contributed by atoms with E-state index in [4.69, 9.17) is 0 Å². The highest BCUT2D eigenvalue weighted by molar-refractivity contribution is 7.12. The normalized spacial score (nSPS) is 10.5. The molecule has 0 atom stereocenters. The third-order valence-corrected chi connectivity index (χ3v) is 4.41. The highest BCUT2D eigenvalue weighted by atomic mass is 32.1. The number of anilines is 1. The van der Waals surface area contributed by atoms with Crippen LogP contribution in [0.25, 0.3) is 11.3 Å². The number of carbonyl (C=O) groups is 1. The molecule has 0 unspecified atom stereocenters. The van der Waals surface area contributed by atoms with Crippen molar-refractivity contribution in [3.63, 3.8) is 0 Å². The number of para-hydroxylation sites is 1. The van der Waals surface area contributed by atoms with Crippen LogP contribution in [0.4, 0.5) is 5.69 Å². The van der Waals surface area contributed by atoms with Gasteiger partial charge in [0.15, 0.2) is 0 Å². The van der Waals surface area contributed by atoms with Crippen LogP contribution < -0.4 is 10.9 Å². The Kier molecular flexibility index (Phi) is 4.08. The van der Waals surface area contributed by atoms with E-state index in [9.17, 15) is 9.59 Å². The maximum Gasteiger partial charge on any atom is 0.266 e. The van der Waals surface area contributed by atoms with E-state index in [1.807, 2.05) is 42.6 Å². The summed E-state index contributed by atoms with van der Waals surface area (Å²) in [7, 11) is 1.60. The van der Waals surface area contributed by atoms with Gasteiger partial charge < -0.3 is 5.32 Å². The van der Waals surface area contributed by atoms with Gasteiger partial charge in [-0.2, -0.15) is 5.10 Å². The number of hydrogen-bond donors (Lipinski definition) is 1. The molecule has 0 bridgehead atoms. The molecule has 3 rings (SSSR count). The van der Waals surface area contributed by atoms with Crippen LogP contribution in [0.5, 0.6) is 0 Å². The van der Waals surface area contributed by atoms with Crippen LogP contribution in [-0.2, 0) is 7.05 Å². The minimum absolute atomic E-state index is 0.152. The Morgan fingerprint density at radius 3 is 2.70 bits per heavy atom. The van der Waals surface area contributed by atoms with E-state index in [1.54, 1.807) is 13.1 Å². The van der Waals surface area contributed by atoms with Gasteiger partial charge >= 0.3 is 0 Å². The molecule has 0 aliphatic rings. The molecule has 0 aliphatic heterocycles. The molecule has 3 aromatic rings. The van der Waals surface area contributed by atoms with Crippen LogP contribution in [-0.4, -0.2) is 15.7 Å². The lowest BCUT2D eigenvalue weighted by molar-refractivity contribution is 0.103. The number of nitrogens with one attached hydrogen (secondary N) is 1. The minimum atomic E-state index is -0.177. The molecule has 6 heteroatoms. The molecule has 0 saturated carbocycles. The average molecular weight is 325 g/mol. The highest BCUT2D eigenvalue weighted by Crippen LogP contribution is 2.26. The van der Waals surface area contributed by atoms with Crippen molar-refractivity contribution >= 4 is 22.9 Å². The van der Waals surface area contributed by atoms with Crippen LogP contribution in [0.2, 0.25) is 0 Å². The largest absolute Gasteiger partial charge is 0.321 e. The molecule has 2 aromatic heterocycles. The molecule has 0 radical (unpaired) electrons. The van der Waals surface area contributed by atoms with Crippen molar-refractivity contribution in [3.05, 3.63) is 68.6 Å². The Morgan fingerprint density at radius 2 is 2.00 bits per heavy atom. The Bertz CT molecular complexity index is 927. The number of benzene rings is 1. The molecule has 0 fully saturated rings. The number of rotatable bonds is 3. The third kappa shape index (κ3) is 3.22. The summed E-state index contributed by atoms with van der Waals surface area (Å²) in [6, 6.07) is 12.4. The molecule has 5 nitrogen and oxygen atoms in total. The lowest BCUT2D eigenvalue weighted by Crippen LogP contribution is -2.18. The monoisotopic (exact) mass is 325 g/mol. The highest BCUT2D eigenvalue weighted by Gasteiger charge is 2.12. The second kappa shape index (κ2) is 6.18. The van der Waals surface area contributed by atoms with Gasteiger partial charge in [0.1, 0.15) is 0 Å². The number of aromatic nitrogens is 2. The Hall–Kier alpha value is -2.73. The fourth-order valence-electron chi connectivity index (χ4n) is 2.20. The zero-order valence-electron chi connectivity index (χ0n) is 12.7. The van der Waals surface area contributed by atoms with Crippen LogP contribution >= 0.6 is 11.3 Å². The third-order valence-electron chi connectivity index (χ3n) is 3.37. The lowest BCUT2D eigenvalue weighted by Gasteiger charge is -2.10. The van der Waals surface area contributed by atoms with Crippen molar-refractivity contribution in [2.75, 3.05) is 5.32 Å². The van der Waals surface area contributed by atoms with E-state index >= 15 is 0 Å². The van der Waals surface area contributed by atoms with E-state index in [1.165, 1.54) is 22.1 Å². The quantitative estimate of drug-likeness (QED) is 0.805. The van der Waals surface area contributed by atoms with Crippen LogP contribution in [0.3, 0.4) is 0 Å². The van der Waals surface area contributed by atoms with Gasteiger partial charge in [-0.15, -0.1) is 11.3 Å². The summed E-state index contributed by atoms with van der Waals surface area (Å²) in [4.78, 5) is 24.5. The van der Waals surface area contributed by atoms with E-state index in [2.05, 4.69) is 10.4 Å². The van der Waals surface area contributed by atoms with Gasteiger partial charge in [0.05, 0.1) is 16.3 Å². The summed E-state index contributed by atoms with van der Waals surface area (Å²) in [5, 5.41) is 9.10. The van der Waals surface area contributed by atoms with Crippen LogP contribution in [0.1, 0.15) is 15.2 Å². The maximum atomic E-state index is 12.4. The van der Waals surface area contributed by atoms with E-state index in [0.29, 0.717) is 16.3 Å². The topological polar surface area (TPSA) is 64.0 Å². The van der Waals surface area contributed by atoms with Crippen molar-refractivity contribution < 1.29 is 4.79 Å². The van der Waals surface area contributed by atoms with Gasteiger partial charge in [-0.3, -0.25) is 9.59 Å². The number of thiophene rings is 1. The molecule has 1 amide bonds. The van der Waals surface area contributed by atoms with Gasteiger partial charge in [-0.1, -0.05) is 18.2 Å². The zero-order chi connectivity index (χ0) is 16.4. The van der Waals surface area contributed by atoms with Crippen molar-refractivity contribution in [1.82, 2.24) is 9.78 Å². The van der Waals surface area contributed by atoms with E-state index in [-0.39, 0.29) is 11.5 Å². The van der Waals surface area contributed by atoms with Crippen LogP contribution in [0, 0.1) is 6.92 Å². The summed E-state index contributed by atoms with van der Waals surface area (Å²) in [6.07, 6.45) is 0. The summed E-state index contributed by atoms with van der Waals surface area (Å²) in [5.41, 5.74) is 2.95. The minimum Gasteiger partial charge on any atom is -0.321 e. The second-order valence-electron chi connectivity index (χ2n) is 5.17. The molecule has 1 N–H and O–H groups in total. The number of amides is 1. The van der Waals surface area contributed by atoms with Gasteiger partial charge in [0.25, 0.3) is 11.5 Å². The number of nitrogens with zero attached hydrogens (tertiary/aromatic N) is 2. The molecular weight excluding hydrogens is 310 g/mol. The molecule has 0 aliphatic carbocycles. The fraction of sp³-hybridized carbons (Fsp3) is 0.118. The first-order chi connectivity index (χ1) is 11.0. The average Bonchev–Trinajstić information content (AvgIpc) is 2.97. The van der Waals surface area contributed by atoms with E-state index in [0.717, 1.165) is 11.1 Å². The van der Waals surface area contributed by atoms with Gasteiger partial charge in [0.2, 0.25) is 0 Å². The maximum absolute atomic E-state index is 12.4. The Balaban J connectivity index is 1.96. The molecule has 0 spiro atoms. The summed E-state index contributed by atoms with van der Waals surface area (Å²) < 4.78 is 1.27. The van der Waals surface area contributed by atoms with Gasteiger partial charge in [-0.05, 0) is 36.1 Å². The molecule has 1 aromatic carbocycles. The molecule has 116 valence electrons. The van der Waals surface area contributed by atoms with Crippen molar-refractivity contribution in [1.29, 1.82) is 0 Å². The number of aryl methyl sites for hydroxylation is 2. The Morgan fingerprint density at radius 1 is 1.22 bits per heavy atom. The summed E-state index contributed by atoms with van der Waals surface area (Å²) in [6.45, 7) is 1.95. The first kappa shape index (κ1) is 15.2. The molecular formula is C17H15N3O2S. The molecule has 2 heterocycles. The number of hydrogen-bond acceptors (Lipinski definition) is 4. The molecule has 23 heavy (non-hydrogen) atoms. The summed E-state index contributed by atoms with van der Waals surface area (Å²) in [5.74, 6) is -0.152. The van der Waals surface area contributed by atoms with Gasteiger partial charge in [-0.25, -0.2) is 4.68 Å². The van der Waals surface area contributed by atoms with Crippen molar-refractivity contribution in [2.24, 2.45) is 7.05 Å². The lowest BCUT2D eigenvalue weighted by atomic mass is 10.1. The smallest absolute Gasteiger partial charge is 0.266 e. The van der Waals surface area contributed by atoms with E-state index < -0.39 is 0 Å². The number of carbonyl (C=O) groups excluding carboxylic acids is 1. The zero-order valence-corrected chi connectivity index (χ0v) is 13.6. The molecule has 0 saturated heterocycles. The fourth-order valence-corrected chi connectivity index (χ4v) is 2.99. The predicted molar refractivity (Wildman–Crippen MR) is 91.9 cm³/mol. The van der Waals surface area contributed by atoms with Crippen LogP contribution in [0.15, 0.2) is 52.6 Å². The van der Waals surface area contributed by atoms with Crippen molar-refractivity contribution in [2.45, 2.75) is 6.92 Å². The first-order valence-electron chi connectivity index (χ1n) is 7.05.